The third-order valence-electron chi connectivity index (χ3n) is 3.76. The van der Waals surface area contributed by atoms with Crippen LogP contribution in [-0.4, -0.2) is 31.5 Å². The first kappa shape index (κ1) is 16.5. The normalized spacial score (nSPS) is 17.2. The molecule has 0 radical (unpaired) electrons. The van der Waals surface area contributed by atoms with Crippen LogP contribution in [0.25, 0.3) is 11.4 Å². The average Bonchev–Trinajstić information content (AvgIpc) is 3.18. The Morgan fingerprint density at radius 1 is 1.32 bits per heavy atom. The number of thioether (sulfide) groups is 1. The summed E-state index contributed by atoms with van der Waals surface area (Å²) < 4.78 is 3.00. The maximum absolute atomic E-state index is 12.6. The zero-order valence-corrected chi connectivity index (χ0v) is 16.0. The number of H-pyrrole nitrogens is 1. The van der Waals surface area contributed by atoms with E-state index in [1.54, 1.807) is 33.8 Å². The molecule has 0 spiro atoms. The summed E-state index contributed by atoms with van der Waals surface area (Å²) in [6, 6.07) is 11.6. The highest BCUT2D eigenvalue weighted by molar-refractivity contribution is 9.10. The number of aromatic nitrogens is 4. The fourth-order valence-corrected chi connectivity index (χ4v) is 4.47. The van der Waals surface area contributed by atoms with Crippen LogP contribution in [0.5, 0.6) is 0 Å². The van der Waals surface area contributed by atoms with Gasteiger partial charge in [-0.15, -0.1) is 11.8 Å². The molecule has 1 amide bonds. The van der Waals surface area contributed by atoms with Gasteiger partial charge in [-0.25, -0.2) is 14.8 Å². The monoisotopic (exact) mass is 433 g/mol. The van der Waals surface area contributed by atoms with Crippen molar-refractivity contribution in [3.63, 3.8) is 0 Å². The van der Waals surface area contributed by atoms with Gasteiger partial charge in [0.2, 0.25) is 4.77 Å². The Balaban J connectivity index is 1.84. The first-order valence-corrected chi connectivity index (χ1v) is 9.67. The van der Waals surface area contributed by atoms with Gasteiger partial charge in [-0.2, -0.15) is 5.10 Å². The third-order valence-corrected chi connectivity index (χ3v) is 5.72. The lowest BCUT2D eigenvalue weighted by Crippen LogP contribution is -2.38. The molecule has 1 unspecified atom stereocenters. The Hall–Kier alpha value is -1.97. The van der Waals surface area contributed by atoms with E-state index in [0.717, 1.165) is 15.6 Å². The second-order valence-electron chi connectivity index (χ2n) is 5.36. The molecule has 2 aromatic heterocycles. The van der Waals surface area contributed by atoms with Gasteiger partial charge in [0, 0.05) is 22.4 Å². The van der Waals surface area contributed by atoms with Gasteiger partial charge in [-0.3, -0.25) is 9.78 Å². The third kappa shape index (κ3) is 3.03. The van der Waals surface area contributed by atoms with E-state index in [2.05, 4.69) is 31.1 Å². The number of carbonyl (C=O) groups is 1. The Morgan fingerprint density at radius 3 is 2.96 bits per heavy atom. The summed E-state index contributed by atoms with van der Waals surface area (Å²) in [6.45, 7) is 0. The smallest absolute Gasteiger partial charge is 0.252 e. The second-order valence-corrected chi connectivity index (χ2v) is 7.73. The molecule has 6 nitrogen and oxygen atoms in total. The fraction of sp³-hybridized carbons (Fsp3) is 0.125. The minimum atomic E-state index is -0.176. The molecular weight excluding hydrogens is 422 g/mol. The zero-order chi connectivity index (χ0) is 17.4. The summed E-state index contributed by atoms with van der Waals surface area (Å²) in [5.74, 6) is 0.933. The summed E-state index contributed by atoms with van der Waals surface area (Å²) in [4.78, 5) is 16.8. The number of aromatic amines is 1. The Kier molecular flexibility index (Phi) is 4.45. The molecule has 1 atom stereocenters. The summed E-state index contributed by atoms with van der Waals surface area (Å²) in [6.07, 6.45) is 3.39. The number of hydrogen-bond donors (Lipinski definition) is 1. The van der Waals surface area contributed by atoms with Crippen molar-refractivity contribution in [1.82, 2.24) is 19.9 Å². The van der Waals surface area contributed by atoms with Crippen molar-refractivity contribution in [2.45, 2.75) is 5.37 Å². The number of benzene rings is 1. The molecule has 25 heavy (non-hydrogen) atoms. The van der Waals surface area contributed by atoms with Crippen LogP contribution >= 0.6 is 39.9 Å². The maximum Gasteiger partial charge on any atom is 0.252 e. The van der Waals surface area contributed by atoms with Gasteiger partial charge in [-0.05, 0) is 42.0 Å². The largest absolute Gasteiger partial charge is 0.272 e. The predicted molar refractivity (Wildman–Crippen MR) is 103 cm³/mol. The molecule has 3 heterocycles. The highest BCUT2D eigenvalue weighted by Crippen LogP contribution is 2.39. The van der Waals surface area contributed by atoms with Gasteiger partial charge < -0.3 is 0 Å². The molecule has 4 rings (SSSR count). The number of halogens is 1. The predicted octanol–water partition coefficient (Wildman–Crippen LogP) is 3.68. The number of rotatable bonds is 3. The van der Waals surface area contributed by atoms with Crippen LogP contribution in [0.2, 0.25) is 0 Å². The Bertz CT molecular complexity index is 987. The quantitative estimate of drug-likeness (QED) is 0.638. The van der Waals surface area contributed by atoms with Gasteiger partial charge in [0.1, 0.15) is 5.37 Å². The SMILES string of the molecule is O=C1CSC(c2cccc(Br)c2)N1n1c(-c2cccnc2)n[nH]c1=S. The van der Waals surface area contributed by atoms with Crippen LogP contribution in [0.3, 0.4) is 0 Å². The van der Waals surface area contributed by atoms with Crippen LogP contribution < -0.4 is 5.01 Å². The highest BCUT2D eigenvalue weighted by atomic mass is 79.9. The second kappa shape index (κ2) is 6.74. The van der Waals surface area contributed by atoms with Crippen molar-refractivity contribution in [2.24, 2.45) is 0 Å². The first-order chi connectivity index (χ1) is 12.1. The molecule has 1 saturated heterocycles. The van der Waals surface area contributed by atoms with Gasteiger partial charge >= 0.3 is 0 Å². The zero-order valence-electron chi connectivity index (χ0n) is 12.8. The lowest BCUT2D eigenvalue weighted by molar-refractivity contribution is -0.117. The van der Waals surface area contributed by atoms with Gasteiger partial charge in [0.25, 0.3) is 5.91 Å². The molecular formula is C16H12BrN5OS2. The molecule has 0 bridgehead atoms. The van der Waals surface area contributed by atoms with Crippen molar-refractivity contribution in [3.8, 4) is 11.4 Å². The first-order valence-electron chi connectivity index (χ1n) is 7.42. The Morgan fingerprint density at radius 2 is 2.20 bits per heavy atom. The van der Waals surface area contributed by atoms with Gasteiger partial charge in [-0.1, -0.05) is 28.1 Å². The maximum atomic E-state index is 12.6. The number of nitrogens with one attached hydrogen (secondary N) is 1. The van der Waals surface area contributed by atoms with E-state index in [9.17, 15) is 4.79 Å². The molecule has 1 aromatic carbocycles. The number of pyridine rings is 1. The van der Waals surface area contributed by atoms with Crippen molar-refractivity contribution in [1.29, 1.82) is 0 Å². The van der Waals surface area contributed by atoms with Crippen LogP contribution in [-0.2, 0) is 4.79 Å². The van der Waals surface area contributed by atoms with E-state index < -0.39 is 0 Å². The van der Waals surface area contributed by atoms with E-state index >= 15 is 0 Å². The number of carbonyl (C=O) groups excluding carboxylic acids is 1. The Labute approximate surface area is 161 Å². The molecule has 126 valence electrons. The number of nitrogens with zero attached hydrogens (tertiary/aromatic N) is 4. The standard InChI is InChI=1S/C16H12BrN5OS2/c17-12-5-1-3-10(7-12)15-21(13(23)9-25-15)22-14(19-20-16(22)24)11-4-2-6-18-8-11/h1-8,15H,9H2,(H,20,24). The molecule has 1 aliphatic rings. The molecule has 1 N–H and O–H groups in total. The fourth-order valence-electron chi connectivity index (χ4n) is 2.71. The van der Waals surface area contributed by atoms with E-state index in [1.807, 2.05) is 36.4 Å². The van der Waals surface area contributed by atoms with Crippen LogP contribution in [0.15, 0.2) is 53.3 Å². The summed E-state index contributed by atoms with van der Waals surface area (Å²) in [5.41, 5.74) is 1.80. The van der Waals surface area contributed by atoms with Crippen molar-refractivity contribution in [3.05, 3.63) is 63.6 Å². The molecule has 3 aromatic rings. The minimum absolute atomic E-state index is 0.0161. The highest BCUT2D eigenvalue weighted by Gasteiger charge is 2.36. The average molecular weight is 434 g/mol. The van der Waals surface area contributed by atoms with Crippen molar-refractivity contribution < 1.29 is 4.79 Å². The summed E-state index contributed by atoms with van der Waals surface area (Å²) in [5, 5.41) is 8.59. The number of amides is 1. The molecule has 0 aliphatic carbocycles. The van der Waals surface area contributed by atoms with Gasteiger partial charge in [0.15, 0.2) is 5.82 Å². The van der Waals surface area contributed by atoms with Crippen LogP contribution in [0, 0.1) is 4.77 Å². The van der Waals surface area contributed by atoms with Crippen LogP contribution in [0.4, 0.5) is 0 Å². The summed E-state index contributed by atoms with van der Waals surface area (Å²) >= 11 is 10.5. The minimum Gasteiger partial charge on any atom is -0.272 e. The van der Waals surface area contributed by atoms with E-state index in [1.165, 1.54) is 0 Å². The van der Waals surface area contributed by atoms with E-state index in [-0.39, 0.29) is 11.3 Å². The topological polar surface area (TPSA) is 66.8 Å². The van der Waals surface area contributed by atoms with Crippen LogP contribution in [0.1, 0.15) is 10.9 Å². The van der Waals surface area contributed by atoms with Gasteiger partial charge in [0.05, 0.1) is 5.75 Å². The van der Waals surface area contributed by atoms with Crippen molar-refractivity contribution >= 4 is 45.8 Å². The lowest BCUT2D eigenvalue weighted by atomic mass is 10.2. The lowest BCUT2D eigenvalue weighted by Gasteiger charge is -2.25. The molecule has 9 heteroatoms. The molecule has 1 fully saturated rings. The number of hydrogen-bond acceptors (Lipinski definition) is 5. The van der Waals surface area contributed by atoms with Crippen molar-refractivity contribution in [2.75, 3.05) is 10.8 Å². The van der Waals surface area contributed by atoms with E-state index in [0.29, 0.717) is 16.3 Å². The van der Waals surface area contributed by atoms with E-state index in [4.69, 9.17) is 12.2 Å². The molecule has 1 aliphatic heterocycles. The summed E-state index contributed by atoms with van der Waals surface area (Å²) in [7, 11) is 0. The molecule has 0 saturated carbocycles.